The molecule has 0 atom stereocenters. The molecule has 0 bridgehead atoms. The van der Waals surface area contributed by atoms with Crippen LogP contribution in [-0.4, -0.2) is 40.1 Å². The molecule has 11 nitrogen and oxygen atoms in total. The van der Waals surface area contributed by atoms with E-state index in [-0.39, 0.29) is 28.2 Å². The van der Waals surface area contributed by atoms with Gasteiger partial charge in [-0.05, 0) is 46.7 Å². The first-order chi connectivity index (χ1) is 18.0. The molecule has 0 fully saturated rings. The molecule has 0 saturated heterocycles. The van der Waals surface area contributed by atoms with Crippen molar-refractivity contribution in [1.82, 2.24) is 16.3 Å². The summed E-state index contributed by atoms with van der Waals surface area (Å²) in [4.78, 5) is 25.8. The highest BCUT2D eigenvalue weighted by atomic mass is 32.2. The third-order valence-electron chi connectivity index (χ3n) is 5.68. The molecule has 0 saturated carbocycles. The van der Waals surface area contributed by atoms with Gasteiger partial charge >= 0.3 is 0 Å². The normalized spacial score (nSPS) is 13.8. The molecular weight excluding hydrogens is 520 g/mol. The number of hydrogen-bond donors (Lipinski definition) is 5. The van der Waals surface area contributed by atoms with Gasteiger partial charge in [0, 0.05) is 12.1 Å². The second-order valence-corrected chi connectivity index (χ2v) is 13.4. The van der Waals surface area contributed by atoms with Crippen LogP contribution < -0.4 is 36.1 Å². The topological polar surface area (TPSA) is 141 Å². The van der Waals surface area contributed by atoms with E-state index in [0.29, 0.717) is 29.2 Å². The second-order valence-electron chi connectivity index (χ2n) is 11.6. The molecule has 3 rings (SSSR count). The van der Waals surface area contributed by atoms with Gasteiger partial charge in [0.2, 0.25) is 10.0 Å². The Bertz CT molecular complexity index is 1390. The highest BCUT2D eigenvalue weighted by Gasteiger charge is 2.24. The summed E-state index contributed by atoms with van der Waals surface area (Å²) in [7, 11) is -2.20. The van der Waals surface area contributed by atoms with Gasteiger partial charge in [0.05, 0.1) is 36.6 Å². The van der Waals surface area contributed by atoms with Gasteiger partial charge in [-0.1, -0.05) is 47.6 Å². The Morgan fingerprint density at radius 2 is 1.67 bits per heavy atom. The number of nitrogens with zero attached hydrogens (tertiary/aromatic N) is 1. The lowest BCUT2D eigenvalue weighted by Gasteiger charge is -2.24. The minimum absolute atomic E-state index is 0.0552. The number of nitrogens with one attached hydrogen (secondary N) is 5. The molecule has 39 heavy (non-hydrogen) atoms. The Morgan fingerprint density at radius 3 is 2.26 bits per heavy atom. The smallest absolute Gasteiger partial charge is 0.270 e. The molecule has 0 unspecified atom stereocenters. The number of anilines is 3. The number of carbonyl (C=O) groups excluding carboxylic acids is 2. The number of benzene rings is 2. The van der Waals surface area contributed by atoms with Gasteiger partial charge in [0.25, 0.3) is 11.8 Å². The van der Waals surface area contributed by atoms with E-state index in [1.54, 1.807) is 47.6 Å². The molecule has 1 heterocycles. The zero-order valence-electron chi connectivity index (χ0n) is 23.6. The second kappa shape index (κ2) is 11.1. The van der Waals surface area contributed by atoms with Crippen LogP contribution >= 0.6 is 0 Å². The van der Waals surface area contributed by atoms with E-state index in [0.717, 1.165) is 11.8 Å². The fourth-order valence-electron chi connectivity index (χ4n) is 3.65. The van der Waals surface area contributed by atoms with Gasteiger partial charge in [0.1, 0.15) is 5.70 Å². The number of amides is 2. The summed E-state index contributed by atoms with van der Waals surface area (Å²) in [6.07, 6.45) is 2.66. The third-order valence-corrected chi connectivity index (χ3v) is 6.27. The highest BCUT2D eigenvalue weighted by Crippen LogP contribution is 2.39. The molecule has 0 aliphatic carbocycles. The zero-order chi connectivity index (χ0) is 29.2. The zero-order valence-corrected chi connectivity index (χ0v) is 24.5. The standard InChI is InChI=1S/C27H38N6O5S/c1-26(2,3)16-28-25(35)22-15-33(32-30-22)19-11-9-10-17(12-19)24(34)29-20-13-18(27(4,5)6)14-21(23(20)38-7)31-39(8,36)37/h9-15,30-32H,16H2,1-8H3,(H,28,35)(H,29,34). The summed E-state index contributed by atoms with van der Waals surface area (Å²) in [5.74, 6) is -0.485. The summed E-state index contributed by atoms with van der Waals surface area (Å²) >= 11 is 0. The Balaban J connectivity index is 1.87. The molecule has 12 heteroatoms. The fourth-order valence-corrected chi connectivity index (χ4v) is 4.20. The minimum atomic E-state index is -3.60. The van der Waals surface area contributed by atoms with Crippen molar-refractivity contribution in [2.45, 2.75) is 47.0 Å². The lowest BCUT2D eigenvalue weighted by atomic mass is 9.86. The monoisotopic (exact) mass is 558 g/mol. The molecule has 2 amide bonds. The first kappa shape index (κ1) is 29.8. The average molecular weight is 559 g/mol. The maximum absolute atomic E-state index is 13.3. The number of hydrogen-bond acceptors (Lipinski definition) is 8. The molecule has 2 aromatic carbocycles. The number of hydrazine groups is 2. The highest BCUT2D eigenvalue weighted by molar-refractivity contribution is 7.92. The predicted molar refractivity (Wildman–Crippen MR) is 154 cm³/mol. The van der Waals surface area contributed by atoms with Crippen molar-refractivity contribution >= 4 is 38.9 Å². The van der Waals surface area contributed by atoms with Crippen LogP contribution in [0.4, 0.5) is 17.1 Å². The lowest BCUT2D eigenvalue weighted by molar-refractivity contribution is -0.118. The van der Waals surface area contributed by atoms with Crippen molar-refractivity contribution in [3.05, 3.63) is 59.4 Å². The van der Waals surface area contributed by atoms with E-state index < -0.39 is 15.9 Å². The summed E-state index contributed by atoms with van der Waals surface area (Å²) in [6.45, 7) is 12.6. The van der Waals surface area contributed by atoms with E-state index in [2.05, 4.69) is 26.3 Å². The van der Waals surface area contributed by atoms with Crippen molar-refractivity contribution in [3.63, 3.8) is 0 Å². The van der Waals surface area contributed by atoms with Crippen LogP contribution in [-0.2, 0) is 20.2 Å². The molecule has 0 radical (unpaired) electrons. The largest absolute Gasteiger partial charge is 0.492 e. The lowest BCUT2D eigenvalue weighted by Crippen LogP contribution is -2.40. The van der Waals surface area contributed by atoms with E-state index >= 15 is 0 Å². The van der Waals surface area contributed by atoms with E-state index in [9.17, 15) is 18.0 Å². The van der Waals surface area contributed by atoms with Crippen molar-refractivity contribution in [3.8, 4) is 5.75 Å². The van der Waals surface area contributed by atoms with Gasteiger partial charge in [0.15, 0.2) is 5.75 Å². The third kappa shape index (κ3) is 8.11. The van der Waals surface area contributed by atoms with Crippen LogP contribution in [0.5, 0.6) is 5.75 Å². The molecule has 1 aliphatic rings. The van der Waals surface area contributed by atoms with Crippen LogP contribution in [0.2, 0.25) is 0 Å². The Labute approximate surface area is 230 Å². The Kier molecular flexibility index (Phi) is 8.51. The number of methoxy groups -OCH3 is 1. The molecule has 1 aliphatic heterocycles. The van der Waals surface area contributed by atoms with Gasteiger partial charge in [-0.15, -0.1) is 5.53 Å². The van der Waals surface area contributed by atoms with Crippen LogP contribution in [0.25, 0.3) is 0 Å². The van der Waals surface area contributed by atoms with E-state index in [4.69, 9.17) is 4.74 Å². The molecule has 0 spiro atoms. The minimum Gasteiger partial charge on any atom is -0.492 e. The molecule has 5 N–H and O–H groups in total. The molecular formula is C27H38N6O5S. The number of sulfonamides is 1. The van der Waals surface area contributed by atoms with Crippen LogP contribution in [0.3, 0.4) is 0 Å². The molecule has 0 aromatic heterocycles. The predicted octanol–water partition coefficient (Wildman–Crippen LogP) is 3.45. The van der Waals surface area contributed by atoms with Gasteiger partial charge in [-0.3, -0.25) is 24.7 Å². The first-order valence-corrected chi connectivity index (χ1v) is 14.3. The van der Waals surface area contributed by atoms with Crippen LogP contribution in [0.1, 0.15) is 57.5 Å². The van der Waals surface area contributed by atoms with E-state index in [1.807, 2.05) is 41.5 Å². The Morgan fingerprint density at radius 1 is 1.00 bits per heavy atom. The van der Waals surface area contributed by atoms with Gasteiger partial charge in [-0.25, -0.2) is 8.42 Å². The Hall–Kier alpha value is -3.77. The molecule has 212 valence electrons. The van der Waals surface area contributed by atoms with Gasteiger partial charge in [-0.2, -0.15) is 0 Å². The van der Waals surface area contributed by atoms with Gasteiger partial charge < -0.3 is 15.4 Å². The summed E-state index contributed by atoms with van der Waals surface area (Å²) in [5.41, 5.74) is 8.00. The van der Waals surface area contributed by atoms with Crippen molar-refractivity contribution in [1.29, 1.82) is 0 Å². The summed E-state index contributed by atoms with van der Waals surface area (Å²) in [6, 6.07) is 10.3. The SMILES string of the molecule is COc1c(NC(=O)c2cccc(N3C=C(C(=O)NCC(C)(C)C)NN3)c2)cc(C(C)(C)C)cc1NS(C)(=O)=O. The maximum atomic E-state index is 13.3. The number of rotatable bonds is 8. The van der Waals surface area contributed by atoms with Crippen LogP contribution in [0, 0.1) is 5.41 Å². The summed E-state index contributed by atoms with van der Waals surface area (Å²) in [5, 5.41) is 7.34. The van der Waals surface area contributed by atoms with Crippen molar-refractivity contribution in [2.75, 3.05) is 35.0 Å². The van der Waals surface area contributed by atoms with Crippen LogP contribution in [0.15, 0.2) is 48.3 Å². The number of ether oxygens (including phenoxy) is 1. The van der Waals surface area contributed by atoms with E-state index in [1.165, 1.54) is 7.11 Å². The molecule has 2 aromatic rings. The summed E-state index contributed by atoms with van der Waals surface area (Å²) < 4.78 is 32.0. The average Bonchev–Trinajstić information content (AvgIpc) is 3.31. The van der Waals surface area contributed by atoms with Crippen molar-refractivity contribution < 1.29 is 22.7 Å². The number of carbonyl (C=O) groups is 2. The fraction of sp³-hybridized carbons (Fsp3) is 0.407. The quantitative estimate of drug-likeness (QED) is 0.332. The maximum Gasteiger partial charge on any atom is 0.270 e. The van der Waals surface area contributed by atoms with Crippen molar-refractivity contribution in [2.24, 2.45) is 5.41 Å². The first-order valence-electron chi connectivity index (χ1n) is 12.4.